The Labute approximate surface area is 112 Å². The Bertz CT molecular complexity index is 158. The first kappa shape index (κ1) is 17.4. The van der Waals surface area contributed by atoms with Gasteiger partial charge in [0, 0.05) is 38.2 Å². The number of hydrogen-bond donors (Lipinski definition) is 2. The van der Waals surface area contributed by atoms with Crippen LogP contribution in [0.25, 0.3) is 0 Å². The fraction of sp³-hybridized carbons (Fsp3) is 1.00. The molecule has 0 aromatic heterocycles. The van der Waals surface area contributed by atoms with Crippen molar-refractivity contribution in [1.82, 2.24) is 5.32 Å². The third kappa shape index (κ3) is 8.18. The van der Waals surface area contributed by atoms with Gasteiger partial charge in [-0.2, -0.15) is 12.6 Å². The molecule has 0 aromatic carbocycles. The maximum Gasteiger partial charge on any atom is 0.500 e. The number of thiol groups is 1. The predicted molar refractivity (Wildman–Crippen MR) is 76.8 cm³/mol. The molecule has 6 heteroatoms. The summed E-state index contributed by atoms with van der Waals surface area (Å²) >= 11 is 4.15. The first-order chi connectivity index (χ1) is 8.24. The minimum atomic E-state index is -2.41. The summed E-state index contributed by atoms with van der Waals surface area (Å²) in [4.78, 5) is 0. The largest absolute Gasteiger partial charge is 0.500 e. The van der Waals surface area contributed by atoms with Crippen molar-refractivity contribution >= 4 is 21.4 Å². The Balaban J connectivity index is 4.05. The molecule has 0 rings (SSSR count). The zero-order chi connectivity index (χ0) is 13.0. The summed E-state index contributed by atoms with van der Waals surface area (Å²) in [5.41, 5.74) is 0. The van der Waals surface area contributed by atoms with E-state index in [0.717, 1.165) is 31.3 Å². The van der Waals surface area contributed by atoms with Gasteiger partial charge in [-0.25, -0.2) is 0 Å². The molecule has 0 saturated heterocycles. The van der Waals surface area contributed by atoms with Crippen LogP contribution in [0, 0.1) is 0 Å². The van der Waals surface area contributed by atoms with Crippen molar-refractivity contribution in [2.24, 2.45) is 0 Å². The molecular weight excluding hydrogens is 254 g/mol. The van der Waals surface area contributed by atoms with Crippen LogP contribution in [0.2, 0.25) is 6.04 Å². The molecule has 0 spiro atoms. The highest BCUT2D eigenvalue weighted by Gasteiger charge is 2.39. The van der Waals surface area contributed by atoms with Crippen molar-refractivity contribution in [2.45, 2.75) is 33.2 Å². The van der Waals surface area contributed by atoms with Crippen LogP contribution in [0.1, 0.15) is 27.2 Å². The van der Waals surface area contributed by atoms with E-state index in [9.17, 15) is 0 Å². The summed E-state index contributed by atoms with van der Waals surface area (Å²) in [5.74, 6) is 0.866. The minimum Gasteiger partial charge on any atom is -0.374 e. The van der Waals surface area contributed by atoms with Gasteiger partial charge in [-0.15, -0.1) is 0 Å². The third-order valence-corrected chi connectivity index (χ3v) is 5.59. The Hall–Kier alpha value is 0.407. The maximum absolute atomic E-state index is 5.77. The van der Waals surface area contributed by atoms with Crippen LogP contribution < -0.4 is 5.32 Å². The maximum atomic E-state index is 5.77. The van der Waals surface area contributed by atoms with Crippen molar-refractivity contribution in [1.29, 1.82) is 0 Å². The van der Waals surface area contributed by atoms with Gasteiger partial charge in [-0.3, -0.25) is 0 Å². The molecule has 0 atom stereocenters. The fourth-order valence-electron chi connectivity index (χ4n) is 1.64. The summed E-state index contributed by atoms with van der Waals surface area (Å²) in [5, 5.41) is 3.31. The standard InChI is InChI=1S/C11H27NO3SSi/c1-4-13-17(14-5-2,15-6-3)11-7-8-12-9-10-16/h12,16H,4-11H2,1-3H3. The molecule has 0 radical (unpaired) electrons. The molecule has 0 aliphatic carbocycles. The van der Waals surface area contributed by atoms with Gasteiger partial charge in [0.2, 0.25) is 0 Å². The van der Waals surface area contributed by atoms with Crippen molar-refractivity contribution in [3.8, 4) is 0 Å². The zero-order valence-corrected chi connectivity index (χ0v) is 13.2. The van der Waals surface area contributed by atoms with Crippen molar-refractivity contribution < 1.29 is 13.3 Å². The van der Waals surface area contributed by atoms with Crippen LogP contribution >= 0.6 is 12.6 Å². The molecule has 0 unspecified atom stereocenters. The highest BCUT2D eigenvalue weighted by atomic mass is 32.1. The second-order valence-electron chi connectivity index (χ2n) is 3.56. The third-order valence-electron chi connectivity index (χ3n) is 2.22. The Morgan fingerprint density at radius 1 is 0.941 bits per heavy atom. The lowest BCUT2D eigenvalue weighted by Gasteiger charge is -2.28. The highest BCUT2D eigenvalue weighted by Crippen LogP contribution is 2.17. The average Bonchev–Trinajstić information content (AvgIpc) is 2.30. The SMILES string of the molecule is CCO[Si](CCCNCCS)(OCC)OCC. The van der Waals surface area contributed by atoms with Gasteiger partial charge < -0.3 is 18.6 Å². The van der Waals surface area contributed by atoms with E-state index in [4.69, 9.17) is 13.3 Å². The molecule has 1 N–H and O–H groups in total. The van der Waals surface area contributed by atoms with Gasteiger partial charge in [0.1, 0.15) is 0 Å². The van der Waals surface area contributed by atoms with Gasteiger partial charge >= 0.3 is 8.80 Å². The van der Waals surface area contributed by atoms with E-state index in [1.165, 1.54) is 0 Å². The van der Waals surface area contributed by atoms with Gasteiger partial charge in [-0.05, 0) is 33.7 Å². The summed E-state index contributed by atoms with van der Waals surface area (Å²) in [7, 11) is -2.41. The van der Waals surface area contributed by atoms with E-state index in [1.807, 2.05) is 20.8 Å². The molecule has 0 fully saturated rings. The summed E-state index contributed by atoms with van der Waals surface area (Å²) < 4.78 is 17.3. The average molecular weight is 281 g/mol. The van der Waals surface area contributed by atoms with E-state index in [0.29, 0.717) is 19.8 Å². The molecule has 0 bridgehead atoms. The van der Waals surface area contributed by atoms with Crippen LogP contribution in [0.5, 0.6) is 0 Å². The van der Waals surface area contributed by atoms with Gasteiger partial charge in [0.15, 0.2) is 0 Å². The van der Waals surface area contributed by atoms with Crippen LogP contribution in [0.15, 0.2) is 0 Å². The first-order valence-electron chi connectivity index (χ1n) is 6.48. The Morgan fingerprint density at radius 3 is 1.88 bits per heavy atom. The van der Waals surface area contributed by atoms with Crippen molar-refractivity contribution in [2.75, 3.05) is 38.7 Å². The van der Waals surface area contributed by atoms with E-state index >= 15 is 0 Å². The molecule has 0 aliphatic rings. The van der Waals surface area contributed by atoms with Gasteiger partial charge in [0.25, 0.3) is 0 Å². The Kier molecular flexibility index (Phi) is 11.8. The molecule has 17 heavy (non-hydrogen) atoms. The summed E-state index contributed by atoms with van der Waals surface area (Å²) in [6, 6.07) is 0.877. The van der Waals surface area contributed by atoms with Gasteiger partial charge in [0.05, 0.1) is 0 Å². The van der Waals surface area contributed by atoms with E-state index < -0.39 is 8.80 Å². The molecule has 104 valence electrons. The second-order valence-corrected chi connectivity index (χ2v) is 6.74. The predicted octanol–water partition coefficient (Wildman–Crippen LogP) is 1.94. The summed E-state index contributed by atoms with van der Waals surface area (Å²) in [6.07, 6.45) is 1.01. The van der Waals surface area contributed by atoms with Crippen LogP contribution in [-0.4, -0.2) is 47.5 Å². The van der Waals surface area contributed by atoms with E-state index in [1.54, 1.807) is 0 Å². The lowest BCUT2D eigenvalue weighted by Crippen LogP contribution is -2.46. The zero-order valence-electron chi connectivity index (χ0n) is 11.3. The molecule has 4 nitrogen and oxygen atoms in total. The molecule has 0 heterocycles. The smallest absolute Gasteiger partial charge is 0.374 e. The lowest BCUT2D eigenvalue weighted by atomic mass is 10.5. The molecule has 0 saturated carbocycles. The normalized spacial score (nSPS) is 12.0. The quantitative estimate of drug-likeness (QED) is 0.326. The van der Waals surface area contributed by atoms with Crippen molar-refractivity contribution in [3.63, 3.8) is 0 Å². The number of rotatable bonds is 12. The minimum absolute atomic E-state index is 0.649. The number of nitrogens with one attached hydrogen (secondary N) is 1. The van der Waals surface area contributed by atoms with Crippen molar-refractivity contribution in [3.05, 3.63) is 0 Å². The van der Waals surface area contributed by atoms with Crippen LogP contribution in [0.4, 0.5) is 0 Å². The van der Waals surface area contributed by atoms with Crippen LogP contribution in [-0.2, 0) is 13.3 Å². The molecule has 0 aliphatic heterocycles. The number of hydrogen-bond acceptors (Lipinski definition) is 5. The summed E-state index contributed by atoms with van der Waals surface area (Å²) in [6.45, 7) is 9.80. The monoisotopic (exact) mass is 281 g/mol. The van der Waals surface area contributed by atoms with Gasteiger partial charge in [-0.1, -0.05) is 0 Å². The fourth-order valence-corrected chi connectivity index (χ4v) is 4.41. The topological polar surface area (TPSA) is 39.7 Å². The molecule has 0 amide bonds. The molecule has 0 aromatic rings. The second kappa shape index (κ2) is 11.5. The highest BCUT2D eigenvalue weighted by molar-refractivity contribution is 7.80. The first-order valence-corrected chi connectivity index (χ1v) is 9.04. The van der Waals surface area contributed by atoms with E-state index in [-0.39, 0.29) is 0 Å². The van der Waals surface area contributed by atoms with Crippen LogP contribution in [0.3, 0.4) is 0 Å². The Morgan fingerprint density at radius 2 is 1.47 bits per heavy atom. The van der Waals surface area contributed by atoms with E-state index in [2.05, 4.69) is 17.9 Å². The lowest BCUT2D eigenvalue weighted by molar-refractivity contribution is 0.0708. The molecular formula is C11H27NO3SSi.